The second-order valence-electron chi connectivity index (χ2n) is 4.99. The van der Waals surface area contributed by atoms with E-state index in [1.165, 1.54) is 35.1 Å². The Labute approximate surface area is 131 Å². The van der Waals surface area contributed by atoms with Gasteiger partial charge in [0, 0.05) is 13.2 Å². The van der Waals surface area contributed by atoms with Crippen molar-refractivity contribution in [1.29, 1.82) is 0 Å². The van der Waals surface area contributed by atoms with Crippen molar-refractivity contribution in [3.05, 3.63) is 59.7 Å². The van der Waals surface area contributed by atoms with Crippen molar-refractivity contribution < 1.29 is 20.1 Å². The van der Waals surface area contributed by atoms with Crippen LogP contribution < -0.4 is 0 Å². The minimum absolute atomic E-state index is 0.160. The molecule has 0 unspecified atom stereocenters. The third kappa shape index (κ3) is 2.82. The van der Waals surface area contributed by atoms with Gasteiger partial charge in [0.2, 0.25) is 0 Å². The summed E-state index contributed by atoms with van der Waals surface area (Å²) in [4.78, 5) is 0. The zero-order chi connectivity index (χ0) is 13.8. The Morgan fingerprint density at radius 1 is 0.850 bits per heavy atom. The first-order chi connectivity index (χ1) is 9.92. The molecule has 2 aromatic carbocycles. The van der Waals surface area contributed by atoms with E-state index in [9.17, 15) is 0 Å². The molecule has 2 aromatic rings. The van der Waals surface area contributed by atoms with Gasteiger partial charge in [-0.3, -0.25) is 0 Å². The number of fused-ring (bicyclic) bond motifs is 3. The molecule has 0 spiro atoms. The Morgan fingerprint density at radius 2 is 1.35 bits per heavy atom. The van der Waals surface area contributed by atoms with Gasteiger partial charge < -0.3 is 4.74 Å². The first-order valence-electron chi connectivity index (χ1n) is 6.99. The van der Waals surface area contributed by atoms with Crippen molar-refractivity contribution in [3.8, 4) is 11.1 Å². The molecule has 20 heavy (non-hydrogen) atoms. The SMILES string of the molecule is C1CCOC1.[Cl][V][CH]1c2ccccc2-c2ccccc21. The van der Waals surface area contributed by atoms with Crippen LogP contribution in [0.25, 0.3) is 11.1 Å². The molecular weight excluding hydrogens is 307 g/mol. The fraction of sp³-hybridized carbons (Fsp3) is 0.294. The van der Waals surface area contributed by atoms with E-state index >= 15 is 0 Å². The average Bonchev–Trinajstić information content (AvgIpc) is 3.17. The van der Waals surface area contributed by atoms with E-state index < -0.39 is 0 Å². The van der Waals surface area contributed by atoms with Gasteiger partial charge in [0.25, 0.3) is 0 Å². The summed E-state index contributed by atoms with van der Waals surface area (Å²) in [5, 5.41) is 0. The Bertz CT molecular complexity index is 528. The van der Waals surface area contributed by atoms with Crippen molar-refractivity contribution in [2.75, 3.05) is 13.2 Å². The molecule has 0 saturated carbocycles. The van der Waals surface area contributed by atoms with Gasteiger partial charge in [0.05, 0.1) is 0 Å². The summed E-state index contributed by atoms with van der Waals surface area (Å²) in [7, 11) is 6.16. The summed E-state index contributed by atoms with van der Waals surface area (Å²) in [6.07, 6.45) is 2.56. The number of halogens is 1. The van der Waals surface area contributed by atoms with E-state index in [4.69, 9.17) is 14.6 Å². The van der Waals surface area contributed by atoms with Crippen LogP contribution in [0.1, 0.15) is 28.6 Å². The maximum atomic E-state index is 6.16. The van der Waals surface area contributed by atoms with Gasteiger partial charge in [-0.2, -0.15) is 0 Å². The molecule has 103 valence electrons. The van der Waals surface area contributed by atoms with Gasteiger partial charge in [-0.15, -0.1) is 0 Å². The van der Waals surface area contributed by atoms with Gasteiger partial charge in [0.1, 0.15) is 0 Å². The normalized spacial score (nSPS) is 16.1. The van der Waals surface area contributed by atoms with E-state index in [2.05, 4.69) is 48.5 Å². The zero-order valence-electron chi connectivity index (χ0n) is 11.3. The molecule has 1 fully saturated rings. The quantitative estimate of drug-likeness (QED) is 0.733. The monoisotopic (exact) mass is 323 g/mol. The van der Waals surface area contributed by atoms with Crippen LogP contribution in [0.3, 0.4) is 0 Å². The zero-order valence-corrected chi connectivity index (χ0v) is 13.4. The van der Waals surface area contributed by atoms with Crippen LogP contribution in [0.5, 0.6) is 0 Å². The first-order valence-corrected chi connectivity index (χ1v) is 9.71. The third-order valence-electron chi connectivity index (χ3n) is 3.73. The fourth-order valence-corrected chi connectivity index (χ4v) is 4.64. The molecule has 4 rings (SSSR count). The van der Waals surface area contributed by atoms with Gasteiger partial charge in [0.15, 0.2) is 0 Å². The van der Waals surface area contributed by atoms with Crippen LogP contribution in [0.2, 0.25) is 0 Å². The molecule has 0 aromatic heterocycles. The summed E-state index contributed by atoms with van der Waals surface area (Å²) >= 11 is -0.160. The molecule has 1 saturated heterocycles. The fourth-order valence-electron chi connectivity index (χ4n) is 2.74. The predicted molar refractivity (Wildman–Crippen MR) is 79.6 cm³/mol. The molecule has 1 aliphatic heterocycles. The topological polar surface area (TPSA) is 9.23 Å². The number of ether oxygens (including phenoxy) is 1. The number of benzene rings is 2. The summed E-state index contributed by atoms with van der Waals surface area (Å²) in [6, 6.07) is 17.2. The van der Waals surface area contributed by atoms with Gasteiger partial charge in [-0.25, -0.2) is 0 Å². The van der Waals surface area contributed by atoms with Crippen LogP contribution in [0, 0.1) is 0 Å². The molecule has 0 N–H and O–H groups in total. The van der Waals surface area contributed by atoms with E-state index in [1.807, 2.05) is 0 Å². The second-order valence-corrected chi connectivity index (χ2v) is 6.91. The molecule has 1 heterocycles. The van der Waals surface area contributed by atoms with E-state index in [-0.39, 0.29) is 15.3 Å². The first kappa shape index (κ1) is 14.2. The number of hydrogen-bond donors (Lipinski definition) is 0. The van der Waals surface area contributed by atoms with Crippen LogP contribution >= 0.6 is 9.85 Å². The average molecular weight is 324 g/mol. The molecule has 0 amide bonds. The summed E-state index contributed by atoms with van der Waals surface area (Å²) in [5.74, 6) is 0. The molecule has 0 radical (unpaired) electrons. The second kappa shape index (κ2) is 6.82. The third-order valence-corrected chi connectivity index (χ3v) is 5.70. The van der Waals surface area contributed by atoms with E-state index in [1.54, 1.807) is 0 Å². The maximum absolute atomic E-state index is 6.16. The standard InChI is InChI=1S/C13H9.C4H8O.ClH.V/c1-3-7-12-10(5-1)9-11-6-2-4-8-13(11)12;1-2-4-5-3-1;;/h1-9H;1-4H2;1H;/q;;;+1/p-1. The molecule has 0 bridgehead atoms. The van der Waals surface area contributed by atoms with Crippen molar-refractivity contribution in [2.24, 2.45) is 0 Å². The van der Waals surface area contributed by atoms with Crippen LogP contribution in [0.15, 0.2) is 48.5 Å². The van der Waals surface area contributed by atoms with Crippen LogP contribution in [-0.4, -0.2) is 13.2 Å². The Kier molecular flexibility index (Phi) is 4.85. The van der Waals surface area contributed by atoms with Crippen molar-refractivity contribution in [2.45, 2.75) is 17.5 Å². The number of rotatable bonds is 1. The molecule has 0 atom stereocenters. The van der Waals surface area contributed by atoms with E-state index in [0.29, 0.717) is 4.63 Å². The van der Waals surface area contributed by atoms with Crippen LogP contribution in [-0.2, 0) is 20.1 Å². The Balaban J connectivity index is 0.000000205. The van der Waals surface area contributed by atoms with Gasteiger partial charge in [-0.05, 0) is 12.8 Å². The van der Waals surface area contributed by atoms with Crippen LogP contribution in [0.4, 0.5) is 0 Å². The molecule has 2 aliphatic rings. The van der Waals surface area contributed by atoms with Gasteiger partial charge in [-0.1, -0.05) is 0 Å². The molecule has 1 nitrogen and oxygen atoms in total. The van der Waals surface area contributed by atoms with E-state index in [0.717, 1.165) is 13.2 Å². The molecule has 3 heteroatoms. The Morgan fingerprint density at radius 3 is 1.75 bits per heavy atom. The van der Waals surface area contributed by atoms with Gasteiger partial charge >= 0.3 is 101 Å². The molecular formula is C17H17ClOV. The summed E-state index contributed by atoms with van der Waals surface area (Å²) < 4.78 is 5.41. The Hall–Kier alpha value is -0.726. The van der Waals surface area contributed by atoms with Crippen molar-refractivity contribution >= 4 is 9.85 Å². The summed E-state index contributed by atoms with van der Waals surface area (Å²) in [5.41, 5.74) is 5.56. The van der Waals surface area contributed by atoms with Crippen molar-refractivity contribution in [3.63, 3.8) is 0 Å². The predicted octanol–water partition coefficient (Wildman–Crippen LogP) is 4.79. The molecule has 1 aliphatic carbocycles. The number of hydrogen-bond acceptors (Lipinski definition) is 1. The summed E-state index contributed by atoms with van der Waals surface area (Å²) in [6.45, 7) is 2.00. The van der Waals surface area contributed by atoms with Crippen molar-refractivity contribution in [1.82, 2.24) is 0 Å². The minimum atomic E-state index is -0.160.